The van der Waals surface area contributed by atoms with Crippen LogP contribution in [0.5, 0.6) is 0 Å². The molecular formula is C30H31ClF2N6O3S. The van der Waals surface area contributed by atoms with E-state index in [1.807, 2.05) is 18.5 Å². The average molecular weight is 629 g/mol. The van der Waals surface area contributed by atoms with E-state index in [4.69, 9.17) is 27.2 Å². The summed E-state index contributed by atoms with van der Waals surface area (Å²) in [6, 6.07) is 8.21. The Hall–Kier alpha value is -3.58. The minimum absolute atomic E-state index is 0.0792. The molecule has 2 aromatic carbocycles. The Morgan fingerprint density at radius 3 is 2.53 bits per heavy atom. The number of nitrogens with two attached hydrogens (primary N) is 1. The number of nitrogens with one attached hydrogen (secondary N) is 2. The molecule has 1 fully saturated rings. The molecule has 1 atom stereocenters. The summed E-state index contributed by atoms with van der Waals surface area (Å²) in [6.07, 6.45) is 6.62. The molecule has 4 aromatic rings. The Morgan fingerprint density at radius 1 is 1.12 bits per heavy atom. The van der Waals surface area contributed by atoms with Crippen molar-refractivity contribution in [2.75, 3.05) is 23.7 Å². The molecule has 9 nitrogen and oxygen atoms in total. The van der Waals surface area contributed by atoms with Crippen molar-refractivity contribution >= 4 is 49.6 Å². The summed E-state index contributed by atoms with van der Waals surface area (Å²) in [5.74, 6) is -1.78. The van der Waals surface area contributed by atoms with Crippen LogP contribution in [-0.4, -0.2) is 48.5 Å². The highest BCUT2D eigenvalue weighted by Gasteiger charge is 2.28. The molecule has 4 N–H and O–H groups in total. The summed E-state index contributed by atoms with van der Waals surface area (Å²) in [5, 5.41) is 8.62. The van der Waals surface area contributed by atoms with Gasteiger partial charge < -0.3 is 15.8 Å². The van der Waals surface area contributed by atoms with Crippen LogP contribution in [0.25, 0.3) is 27.7 Å². The summed E-state index contributed by atoms with van der Waals surface area (Å²) in [6.45, 7) is 5.45. The van der Waals surface area contributed by atoms with Gasteiger partial charge in [0.25, 0.3) is 10.0 Å². The quantitative estimate of drug-likeness (QED) is 0.221. The molecule has 6 rings (SSSR count). The Kier molecular flexibility index (Phi) is 7.88. The van der Waals surface area contributed by atoms with Crippen LogP contribution in [0.4, 0.5) is 20.3 Å². The molecule has 13 heteroatoms. The second kappa shape index (κ2) is 11.5. The summed E-state index contributed by atoms with van der Waals surface area (Å²) >= 11 is 6.52. The zero-order valence-electron chi connectivity index (χ0n) is 23.6. The lowest BCUT2D eigenvalue weighted by atomic mass is 9.89. The zero-order chi connectivity index (χ0) is 30.5. The standard InChI is InChI=1S/C30H31ClF2N6O3S/c1-16(2)39-29-21(17-7-9-18(10-8-17)36-19-14-42-15-19)13-35-30(34)25(29)28(37-39)20-11-12-23(27(33)26(20)31)38-43(40,41)24-6-4-3-5-22(24)32/h3-7,11-13,16,18-19,36,38H,8-10,14-15H2,1-2H3,(H2,34,35). The van der Waals surface area contributed by atoms with Gasteiger partial charge in [0.05, 0.1) is 40.9 Å². The third-order valence-electron chi connectivity index (χ3n) is 7.82. The van der Waals surface area contributed by atoms with Crippen LogP contribution in [0.15, 0.2) is 53.6 Å². The molecular weight excluding hydrogens is 598 g/mol. The third kappa shape index (κ3) is 5.48. The molecule has 0 radical (unpaired) electrons. The van der Waals surface area contributed by atoms with Crippen molar-refractivity contribution in [3.8, 4) is 11.3 Å². The molecule has 0 spiro atoms. The number of anilines is 2. The summed E-state index contributed by atoms with van der Waals surface area (Å²) < 4.78 is 64.6. The maximum absolute atomic E-state index is 15.6. The third-order valence-corrected chi connectivity index (χ3v) is 9.59. The van der Waals surface area contributed by atoms with Gasteiger partial charge in [0.2, 0.25) is 0 Å². The number of halogens is 3. The highest BCUT2D eigenvalue weighted by molar-refractivity contribution is 7.92. The number of hydrogen-bond acceptors (Lipinski definition) is 7. The van der Waals surface area contributed by atoms with Crippen molar-refractivity contribution in [2.45, 2.75) is 56.1 Å². The highest BCUT2D eigenvalue weighted by Crippen LogP contribution is 2.42. The lowest BCUT2D eigenvalue weighted by Crippen LogP contribution is -2.50. The van der Waals surface area contributed by atoms with Crippen molar-refractivity contribution in [3.05, 3.63) is 70.9 Å². The maximum Gasteiger partial charge on any atom is 0.264 e. The molecule has 0 amide bonds. The largest absolute Gasteiger partial charge is 0.383 e. The van der Waals surface area contributed by atoms with Gasteiger partial charge in [-0.05, 0) is 62.9 Å². The fraction of sp³-hybridized carbons (Fsp3) is 0.333. The fourth-order valence-corrected chi connectivity index (χ4v) is 6.96. The van der Waals surface area contributed by atoms with Crippen molar-refractivity contribution < 1.29 is 21.9 Å². The van der Waals surface area contributed by atoms with E-state index in [1.54, 1.807) is 6.20 Å². The summed E-state index contributed by atoms with van der Waals surface area (Å²) in [5.41, 5.74) is 9.32. The van der Waals surface area contributed by atoms with Crippen LogP contribution < -0.4 is 15.8 Å². The minimum atomic E-state index is -4.43. The molecule has 1 aliphatic carbocycles. The number of nitrogens with zero attached hydrogens (tertiary/aromatic N) is 3. The predicted molar refractivity (Wildman–Crippen MR) is 163 cm³/mol. The van der Waals surface area contributed by atoms with Crippen LogP contribution in [0.1, 0.15) is 44.7 Å². The second-order valence-electron chi connectivity index (χ2n) is 11.1. The Balaban J connectivity index is 1.39. The van der Waals surface area contributed by atoms with E-state index in [9.17, 15) is 12.8 Å². The molecule has 0 bridgehead atoms. The van der Waals surface area contributed by atoms with Crippen molar-refractivity contribution in [1.29, 1.82) is 0 Å². The SMILES string of the molecule is CC(C)n1nc(-c2ccc(NS(=O)(=O)c3ccccc3F)c(F)c2Cl)c2c(N)ncc(C3=CCC(NC4COC4)CC3)c21. The van der Waals surface area contributed by atoms with Gasteiger partial charge in [-0.2, -0.15) is 5.10 Å². The molecule has 43 heavy (non-hydrogen) atoms. The van der Waals surface area contributed by atoms with Gasteiger partial charge >= 0.3 is 0 Å². The number of aromatic nitrogens is 3. The molecule has 2 aromatic heterocycles. The van der Waals surface area contributed by atoms with Gasteiger partial charge in [-0.25, -0.2) is 22.2 Å². The van der Waals surface area contributed by atoms with Gasteiger partial charge in [-0.1, -0.05) is 29.8 Å². The highest BCUT2D eigenvalue weighted by atomic mass is 35.5. The van der Waals surface area contributed by atoms with E-state index in [1.165, 1.54) is 24.3 Å². The van der Waals surface area contributed by atoms with Crippen molar-refractivity contribution in [3.63, 3.8) is 0 Å². The normalized spacial score (nSPS) is 17.7. The minimum Gasteiger partial charge on any atom is -0.383 e. The first-order chi connectivity index (χ1) is 20.5. The van der Waals surface area contributed by atoms with Crippen LogP contribution in [0, 0.1) is 11.6 Å². The number of sulfonamides is 1. The zero-order valence-corrected chi connectivity index (χ0v) is 25.1. The fourth-order valence-electron chi connectivity index (χ4n) is 5.56. The summed E-state index contributed by atoms with van der Waals surface area (Å²) in [7, 11) is -4.43. The van der Waals surface area contributed by atoms with Crippen LogP contribution in [0.3, 0.4) is 0 Å². The Labute approximate surface area is 253 Å². The molecule has 2 aliphatic rings. The number of allylic oxidation sites excluding steroid dienone is 1. The lowest BCUT2D eigenvalue weighted by Gasteiger charge is -2.33. The first-order valence-electron chi connectivity index (χ1n) is 14.0. The number of ether oxygens (including phenoxy) is 1. The van der Waals surface area contributed by atoms with Gasteiger partial charge in [0.15, 0.2) is 5.82 Å². The van der Waals surface area contributed by atoms with Crippen LogP contribution in [-0.2, 0) is 14.8 Å². The summed E-state index contributed by atoms with van der Waals surface area (Å²) in [4.78, 5) is 3.87. The van der Waals surface area contributed by atoms with Crippen LogP contribution >= 0.6 is 11.6 Å². The van der Waals surface area contributed by atoms with Gasteiger partial charge in [-0.3, -0.25) is 9.40 Å². The molecule has 1 aliphatic heterocycles. The molecule has 3 heterocycles. The van der Waals surface area contributed by atoms with Gasteiger partial charge in [0.1, 0.15) is 22.2 Å². The van der Waals surface area contributed by atoms with E-state index >= 15 is 4.39 Å². The predicted octanol–water partition coefficient (Wildman–Crippen LogP) is 5.92. The monoisotopic (exact) mass is 628 g/mol. The van der Waals surface area contributed by atoms with E-state index in [2.05, 4.69) is 21.1 Å². The second-order valence-corrected chi connectivity index (χ2v) is 13.1. The molecule has 0 saturated carbocycles. The number of rotatable bonds is 8. The number of nitrogen functional groups attached to an aromatic ring is 1. The number of hydrogen-bond donors (Lipinski definition) is 3. The first kappa shape index (κ1) is 29.5. The Bertz CT molecular complexity index is 1860. The van der Waals surface area contributed by atoms with Crippen molar-refractivity contribution in [2.24, 2.45) is 0 Å². The van der Waals surface area contributed by atoms with E-state index in [-0.39, 0.29) is 22.4 Å². The molecule has 1 saturated heterocycles. The van der Waals surface area contributed by atoms with Gasteiger partial charge in [-0.15, -0.1) is 0 Å². The van der Waals surface area contributed by atoms with Crippen molar-refractivity contribution in [1.82, 2.24) is 20.1 Å². The van der Waals surface area contributed by atoms with E-state index < -0.39 is 32.2 Å². The molecule has 226 valence electrons. The van der Waals surface area contributed by atoms with Gasteiger partial charge in [0, 0.05) is 29.4 Å². The molecule has 1 unspecified atom stereocenters. The number of pyridine rings is 1. The lowest BCUT2D eigenvalue weighted by molar-refractivity contribution is -0.0103. The Morgan fingerprint density at radius 2 is 1.88 bits per heavy atom. The maximum atomic E-state index is 15.6. The smallest absolute Gasteiger partial charge is 0.264 e. The van der Waals surface area contributed by atoms with Crippen LogP contribution in [0.2, 0.25) is 5.02 Å². The van der Waals surface area contributed by atoms with E-state index in [0.29, 0.717) is 23.2 Å². The number of benzene rings is 2. The topological polar surface area (TPSA) is 124 Å². The average Bonchev–Trinajstić information content (AvgIpc) is 3.36. The number of fused-ring (bicyclic) bond motifs is 1. The van der Waals surface area contributed by atoms with E-state index in [0.717, 1.165) is 61.3 Å². The first-order valence-corrected chi connectivity index (χ1v) is 15.9.